The molecule has 0 radical (unpaired) electrons. The van der Waals surface area contributed by atoms with Crippen LogP contribution in [0.2, 0.25) is 10.0 Å². The molecule has 0 aliphatic carbocycles. The zero-order chi connectivity index (χ0) is 17.9. The molecule has 0 aliphatic rings. The Hall–Kier alpha value is -1.76. The molecule has 0 saturated carbocycles. The minimum atomic E-state index is -0.461. The van der Waals surface area contributed by atoms with E-state index in [2.05, 4.69) is 16.2 Å². The van der Waals surface area contributed by atoms with Crippen molar-refractivity contribution in [2.45, 2.75) is 26.3 Å². The van der Waals surface area contributed by atoms with Crippen molar-refractivity contribution in [1.82, 2.24) is 16.2 Å². The van der Waals surface area contributed by atoms with E-state index in [0.717, 1.165) is 0 Å². The van der Waals surface area contributed by atoms with Crippen molar-refractivity contribution in [3.63, 3.8) is 0 Å². The van der Waals surface area contributed by atoms with Crippen LogP contribution in [0, 0.1) is 0 Å². The smallest absolute Gasteiger partial charge is 0.305 e. The summed E-state index contributed by atoms with van der Waals surface area (Å²) in [6.07, 6.45) is 0. The predicted octanol–water partition coefficient (Wildman–Crippen LogP) is 4.16. The maximum Gasteiger partial charge on any atom is 0.305 e. The molecule has 2 rings (SSSR count). The average molecular weight is 386 g/mol. The fourth-order valence-electron chi connectivity index (χ4n) is 1.84. The van der Waals surface area contributed by atoms with Gasteiger partial charge in [-0.3, -0.25) is 15.6 Å². The highest BCUT2D eigenvalue weighted by Gasteiger charge is 2.16. The number of carbonyl (C=O) groups is 1. The third-order valence-corrected chi connectivity index (χ3v) is 3.57. The van der Waals surface area contributed by atoms with Crippen molar-refractivity contribution in [3.8, 4) is 11.3 Å². The molecule has 0 aliphatic heterocycles. The molecule has 1 heterocycles. The van der Waals surface area contributed by atoms with Crippen LogP contribution >= 0.6 is 35.4 Å². The Labute approximate surface area is 155 Å². The first-order valence-electron chi connectivity index (χ1n) is 7.09. The largest absolute Gasteiger partial charge is 0.451 e. The number of amides is 1. The number of hydrogen-bond donors (Lipinski definition) is 3. The molecule has 128 valence electrons. The molecular weight excluding hydrogens is 369 g/mol. The predicted molar refractivity (Wildman–Crippen MR) is 100 cm³/mol. The third kappa shape index (κ3) is 5.12. The normalized spacial score (nSPS) is 11.0. The van der Waals surface area contributed by atoms with Gasteiger partial charge in [-0.1, -0.05) is 23.2 Å². The lowest BCUT2D eigenvalue weighted by atomic mass is 10.1. The van der Waals surface area contributed by atoms with E-state index in [1.165, 1.54) is 0 Å². The first-order valence-corrected chi connectivity index (χ1v) is 8.26. The van der Waals surface area contributed by atoms with E-state index in [1.807, 2.05) is 20.8 Å². The van der Waals surface area contributed by atoms with Crippen molar-refractivity contribution in [2.24, 2.45) is 0 Å². The highest BCUT2D eigenvalue weighted by atomic mass is 35.5. The number of hydrazine groups is 1. The summed E-state index contributed by atoms with van der Waals surface area (Å²) in [5, 5.41) is 4.33. The summed E-state index contributed by atoms with van der Waals surface area (Å²) in [6, 6.07) is 8.21. The molecule has 3 N–H and O–H groups in total. The molecule has 0 atom stereocenters. The highest BCUT2D eigenvalue weighted by Crippen LogP contribution is 2.31. The van der Waals surface area contributed by atoms with E-state index in [9.17, 15) is 4.79 Å². The number of thiocarbonyl (C=S) groups is 1. The Morgan fingerprint density at radius 3 is 2.50 bits per heavy atom. The summed E-state index contributed by atoms with van der Waals surface area (Å²) in [4.78, 5) is 12.1. The number of benzene rings is 1. The van der Waals surface area contributed by atoms with Crippen LogP contribution in [0.4, 0.5) is 0 Å². The Balaban J connectivity index is 2.04. The zero-order valence-electron chi connectivity index (χ0n) is 13.4. The number of carbonyl (C=O) groups excluding carboxylic acids is 1. The van der Waals surface area contributed by atoms with Crippen molar-refractivity contribution in [2.75, 3.05) is 0 Å². The van der Waals surface area contributed by atoms with Gasteiger partial charge in [0.2, 0.25) is 0 Å². The molecule has 24 heavy (non-hydrogen) atoms. The van der Waals surface area contributed by atoms with Gasteiger partial charge >= 0.3 is 5.91 Å². The summed E-state index contributed by atoms with van der Waals surface area (Å²) >= 11 is 17.2. The van der Waals surface area contributed by atoms with Gasteiger partial charge in [-0.05, 0) is 63.3 Å². The maximum absolute atomic E-state index is 12.1. The minimum absolute atomic E-state index is 0.118. The molecule has 0 unspecified atom stereocenters. The van der Waals surface area contributed by atoms with Gasteiger partial charge < -0.3 is 9.73 Å². The number of nitrogens with one attached hydrogen (secondary N) is 3. The van der Waals surface area contributed by atoms with Crippen LogP contribution in [0.5, 0.6) is 0 Å². The molecule has 1 aromatic heterocycles. The third-order valence-electron chi connectivity index (χ3n) is 2.80. The Bertz CT molecular complexity index is 769. The molecule has 1 aromatic carbocycles. The number of hydrogen-bond acceptors (Lipinski definition) is 3. The fourth-order valence-corrected chi connectivity index (χ4v) is 2.58. The van der Waals surface area contributed by atoms with Gasteiger partial charge in [0.1, 0.15) is 5.76 Å². The van der Waals surface area contributed by atoms with E-state index < -0.39 is 5.91 Å². The number of rotatable bonds is 2. The Morgan fingerprint density at radius 2 is 1.83 bits per heavy atom. The standard InChI is InChI=1S/C16H17Cl2N3O2S/c1-16(2,3)19-15(24)21-20-14(22)13-7-6-12(23-13)10-8-9(17)4-5-11(10)18/h4-8H,1-3H3,(H,20,22)(H2,19,21,24). The average Bonchev–Trinajstić information content (AvgIpc) is 2.95. The Morgan fingerprint density at radius 1 is 1.12 bits per heavy atom. The van der Waals surface area contributed by atoms with E-state index in [4.69, 9.17) is 39.8 Å². The molecule has 2 aromatic rings. The quantitative estimate of drug-likeness (QED) is 0.534. The van der Waals surface area contributed by atoms with Gasteiger partial charge in [0.25, 0.3) is 0 Å². The zero-order valence-corrected chi connectivity index (χ0v) is 15.7. The van der Waals surface area contributed by atoms with Crippen LogP contribution in [0.15, 0.2) is 34.7 Å². The SMILES string of the molecule is CC(C)(C)NC(=S)NNC(=O)c1ccc(-c2cc(Cl)ccc2Cl)o1. The van der Waals surface area contributed by atoms with E-state index >= 15 is 0 Å². The van der Waals surface area contributed by atoms with Gasteiger partial charge in [0, 0.05) is 16.1 Å². The Kier molecular flexibility index (Phi) is 5.74. The van der Waals surface area contributed by atoms with Crippen molar-refractivity contribution in [3.05, 3.63) is 46.1 Å². The van der Waals surface area contributed by atoms with Crippen LogP contribution in [-0.2, 0) is 0 Å². The molecule has 0 fully saturated rings. The monoisotopic (exact) mass is 385 g/mol. The van der Waals surface area contributed by atoms with Crippen LogP contribution < -0.4 is 16.2 Å². The molecule has 5 nitrogen and oxygen atoms in total. The molecule has 0 bridgehead atoms. The summed E-state index contributed by atoms with van der Waals surface area (Å²) in [7, 11) is 0. The van der Waals surface area contributed by atoms with Crippen molar-refractivity contribution < 1.29 is 9.21 Å². The van der Waals surface area contributed by atoms with E-state index in [-0.39, 0.29) is 11.3 Å². The lowest BCUT2D eigenvalue weighted by Gasteiger charge is -2.22. The summed E-state index contributed by atoms with van der Waals surface area (Å²) in [6.45, 7) is 5.86. The van der Waals surface area contributed by atoms with Crippen LogP contribution in [-0.4, -0.2) is 16.6 Å². The number of halogens is 2. The van der Waals surface area contributed by atoms with Crippen LogP contribution in [0.25, 0.3) is 11.3 Å². The highest BCUT2D eigenvalue weighted by molar-refractivity contribution is 7.80. The topological polar surface area (TPSA) is 66.3 Å². The van der Waals surface area contributed by atoms with Gasteiger partial charge in [0.05, 0.1) is 5.02 Å². The van der Waals surface area contributed by atoms with Crippen molar-refractivity contribution >= 4 is 46.4 Å². The van der Waals surface area contributed by atoms with Crippen molar-refractivity contribution in [1.29, 1.82) is 0 Å². The lowest BCUT2D eigenvalue weighted by Crippen LogP contribution is -2.52. The molecular formula is C16H17Cl2N3O2S. The maximum atomic E-state index is 12.1. The van der Waals surface area contributed by atoms with Crippen LogP contribution in [0.3, 0.4) is 0 Å². The van der Waals surface area contributed by atoms with E-state index in [0.29, 0.717) is 26.5 Å². The minimum Gasteiger partial charge on any atom is -0.451 e. The van der Waals surface area contributed by atoms with Gasteiger partial charge in [-0.2, -0.15) is 0 Å². The summed E-state index contributed by atoms with van der Waals surface area (Å²) < 4.78 is 5.54. The molecule has 1 amide bonds. The first-order chi connectivity index (χ1) is 11.2. The molecule has 0 spiro atoms. The second kappa shape index (κ2) is 7.42. The van der Waals surface area contributed by atoms with Gasteiger partial charge in [0.15, 0.2) is 10.9 Å². The molecule has 0 saturated heterocycles. The van der Waals surface area contributed by atoms with Gasteiger partial charge in [-0.25, -0.2) is 0 Å². The second-order valence-corrected chi connectivity index (χ2v) is 7.32. The molecule has 8 heteroatoms. The van der Waals surface area contributed by atoms with Crippen LogP contribution in [0.1, 0.15) is 31.3 Å². The lowest BCUT2D eigenvalue weighted by molar-refractivity contribution is 0.0916. The summed E-state index contributed by atoms with van der Waals surface area (Å²) in [5.41, 5.74) is 5.49. The number of furan rings is 1. The fraction of sp³-hybridized carbons (Fsp3) is 0.250. The second-order valence-electron chi connectivity index (χ2n) is 6.07. The summed E-state index contributed by atoms with van der Waals surface area (Å²) in [5.74, 6) is 0.104. The van der Waals surface area contributed by atoms with Gasteiger partial charge in [-0.15, -0.1) is 0 Å². The van der Waals surface area contributed by atoms with E-state index in [1.54, 1.807) is 30.3 Å². The first kappa shape index (κ1) is 18.6.